The summed E-state index contributed by atoms with van der Waals surface area (Å²) in [6, 6.07) is 48.2. The van der Waals surface area contributed by atoms with Gasteiger partial charge in [-0.05, 0) is 64.2 Å². The lowest BCUT2D eigenvalue weighted by Crippen LogP contribution is -2.42. The number of thiophene rings is 1. The second-order valence-electron chi connectivity index (χ2n) is 13.4. The van der Waals surface area contributed by atoms with Gasteiger partial charge in [0.15, 0.2) is 0 Å². The first-order chi connectivity index (χ1) is 23.5. The van der Waals surface area contributed by atoms with Crippen LogP contribution in [0.3, 0.4) is 0 Å². The molecule has 0 bridgehead atoms. The molecule has 0 radical (unpaired) electrons. The van der Waals surface area contributed by atoms with E-state index in [4.69, 9.17) is 9.97 Å². The Balaban J connectivity index is 1.43. The predicted molar refractivity (Wildman–Crippen MR) is 208 cm³/mol. The molecule has 3 heterocycles. The Kier molecular flexibility index (Phi) is 5.74. The van der Waals surface area contributed by atoms with Crippen molar-refractivity contribution in [3.63, 3.8) is 0 Å². The van der Waals surface area contributed by atoms with Crippen LogP contribution in [-0.4, -0.2) is 17.8 Å². The van der Waals surface area contributed by atoms with Gasteiger partial charge >= 0.3 is 0 Å². The second kappa shape index (κ2) is 9.99. The Labute approximate surface area is 283 Å². The van der Waals surface area contributed by atoms with Crippen LogP contribution in [0.1, 0.15) is 19.4 Å². The molecule has 0 spiro atoms. The summed E-state index contributed by atoms with van der Waals surface area (Å²) >= 11 is 1.88. The van der Waals surface area contributed by atoms with E-state index in [0.29, 0.717) is 5.95 Å². The van der Waals surface area contributed by atoms with Crippen molar-refractivity contribution >= 4 is 88.9 Å². The van der Waals surface area contributed by atoms with Gasteiger partial charge in [0.05, 0.1) is 27.1 Å². The first-order valence-electron chi connectivity index (χ1n) is 16.5. The average Bonchev–Trinajstić information content (AvgIpc) is 3.51. The Morgan fingerprint density at radius 1 is 0.604 bits per heavy atom. The van der Waals surface area contributed by atoms with Crippen molar-refractivity contribution in [2.24, 2.45) is 0 Å². The molecule has 48 heavy (non-hydrogen) atoms. The quantitative estimate of drug-likeness (QED) is 0.178. The van der Waals surface area contributed by atoms with E-state index in [0.717, 1.165) is 22.2 Å². The Morgan fingerprint density at radius 2 is 1.27 bits per heavy atom. The van der Waals surface area contributed by atoms with Gasteiger partial charge in [-0.2, -0.15) is 0 Å². The number of nitrogens with zero attached hydrogens (tertiary/aromatic N) is 3. The number of aromatic nitrogens is 2. The van der Waals surface area contributed by atoms with Crippen LogP contribution in [0.5, 0.6) is 0 Å². The Bertz CT molecular complexity index is 2800. The number of hydrogen-bond donors (Lipinski definition) is 0. The van der Waals surface area contributed by atoms with E-state index < -0.39 is 5.54 Å². The molecule has 0 unspecified atom stereocenters. The lowest BCUT2D eigenvalue weighted by atomic mass is 9.76. The Hall–Kier alpha value is -5.52. The van der Waals surface area contributed by atoms with Crippen LogP contribution in [0.2, 0.25) is 0 Å². The van der Waals surface area contributed by atoms with Gasteiger partial charge in [-0.3, -0.25) is 4.90 Å². The molecule has 0 atom stereocenters. The standard InChI is InChI=1S/C43H30BN3S/c1-43(2)32-24-23-25-13-3-4-14-26(25)37(32)38-28-16-6-5-15-27(28)36-31-19-9-12-22-35(31)48-41(36)40(38)47(43)42-45-34-21-11-8-18-30(34)39(46-42)29-17-7-10-20-33(29)44/h3-24H,44H2,1-2H3. The van der Waals surface area contributed by atoms with Gasteiger partial charge in [-0.1, -0.05) is 127 Å². The summed E-state index contributed by atoms with van der Waals surface area (Å²) in [7, 11) is 2.17. The molecule has 0 saturated carbocycles. The number of hydrogen-bond acceptors (Lipinski definition) is 4. The number of para-hydroxylation sites is 1. The van der Waals surface area contributed by atoms with Crippen molar-refractivity contribution in [1.82, 2.24) is 9.97 Å². The zero-order valence-electron chi connectivity index (χ0n) is 27.0. The first-order valence-corrected chi connectivity index (χ1v) is 17.3. The molecule has 0 fully saturated rings. The molecule has 3 nitrogen and oxygen atoms in total. The van der Waals surface area contributed by atoms with E-state index in [9.17, 15) is 0 Å². The minimum absolute atomic E-state index is 0.483. The predicted octanol–water partition coefficient (Wildman–Crippen LogP) is 10.3. The van der Waals surface area contributed by atoms with Gasteiger partial charge in [0, 0.05) is 26.4 Å². The maximum Gasteiger partial charge on any atom is 0.231 e. The van der Waals surface area contributed by atoms with Gasteiger partial charge in [0.1, 0.15) is 7.85 Å². The average molecular weight is 632 g/mol. The summed E-state index contributed by atoms with van der Waals surface area (Å²) < 4.78 is 2.55. The lowest BCUT2D eigenvalue weighted by Gasteiger charge is -2.46. The molecular weight excluding hydrogens is 601 g/mol. The lowest BCUT2D eigenvalue weighted by molar-refractivity contribution is 0.525. The van der Waals surface area contributed by atoms with Crippen molar-refractivity contribution in [2.45, 2.75) is 19.4 Å². The van der Waals surface area contributed by atoms with Crippen LogP contribution < -0.4 is 10.4 Å². The third-order valence-corrected chi connectivity index (χ3v) is 11.5. The van der Waals surface area contributed by atoms with E-state index in [1.165, 1.54) is 69.6 Å². The monoisotopic (exact) mass is 631 g/mol. The molecule has 5 heteroatoms. The van der Waals surface area contributed by atoms with Gasteiger partial charge in [-0.25, -0.2) is 9.97 Å². The molecule has 0 saturated heterocycles. The smallest absolute Gasteiger partial charge is 0.231 e. The van der Waals surface area contributed by atoms with Crippen LogP contribution in [0.25, 0.3) is 75.0 Å². The van der Waals surface area contributed by atoms with Crippen LogP contribution in [0.4, 0.5) is 11.6 Å². The molecule has 9 aromatic rings. The van der Waals surface area contributed by atoms with Crippen LogP contribution in [0.15, 0.2) is 133 Å². The molecule has 10 rings (SSSR count). The maximum absolute atomic E-state index is 5.55. The van der Waals surface area contributed by atoms with E-state index in [1.54, 1.807) is 0 Å². The number of benzene rings is 7. The van der Waals surface area contributed by atoms with Crippen molar-refractivity contribution in [3.8, 4) is 22.4 Å². The molecule has 1 aliphatic rings. The third kappa shape index (κ3) is 3.71. The highest BCUT2D eigenvalue weighted by Crippen LogP contribution is 2.59. The molecule has 7 aromatic carbocycles. The topological polar surface area (TPSA) is 29.0 Å². The first kappa shape index (κ1) is 27.6. The van der Waals surface area contributed by atoms with Crippen molar-refractivity contribution in [2.75, 3.05) is 4.90 Å². The summed E-state index contributed by atoms with van der Waals surface area (Å²) in [5, 5.41) is 8.70. The van der Waals surface area contributed by atoms with Gasteiger partial charge in [0.25, 0.3) is 0 Å². The summed E-state index contributed by atoms with van der Waals surface area (Å²) in [5.41, 5.74) is 8.76. The van der Waals surface area contributed by atoms with E-state index in [2.05, 4.69) is 160 Å². The highest BCUT2D eigenvalue weighted by atomic mass is 32.1. The minimum Gasteiger partial charge on any atom is -0.299 e. The molecule has 2 aromatic heterocycles. The fourth-order valence-corrected chi connectivity index (χ4v) is 9.37. The van der Waals surface area contributed by atoms with Crippen molar-refractivity contribution < 1.29 is 0 Å². The summed E-state index contributed by atoms with van der Waals surface area (Å²) in [6.45, 7) is 4.67. The highest BCUT2D eigenvalue weighted by Gasteiger charge is 2.43. The zero-order chi connectivity index (χ0) is 32.1. The van der Waals surface area contributed by atoms with Crippen LogP contribution in [0, 0.1) is 0 Å². The second-order valence-corrected chi connectivity index (χ2v) is 14.4. The third-order valence-electron chi connectivity index (χ3n) is 10.3. The Morgan fingerprint density at radius 3 is 2.10 bits per heavy atom. The van der Waals surface area contributed by atoms with Crippen LogP contribution >= 0.6 is 11.3 Å². The van der Waals surface area contributed by atoms with Crippen LogP contribution in [-0.2, 0) is 5.54 Å². The van der Waals surface area contributed by atoms with Gasteiger partial charge in [0.2, 0.25) is 5.95 Å². The van der Waals surface area contributed by atoms with E-state index in [1.807, 2.05) is 11.3 Å². The summed E-state index contributed by atoms with van der Waals surface area (Å²) in [4.78, 5) is 13.4. The van der Waals surface area contributed by atoms with Crippen molar-refractivity contribution in [1.29, 1.82) is 0 Å². The van der Waals surface area contributed by atoms with Gasteiger partial charge in [-0.15, -0.1) is 11.3 Å². The SMILES string of the molecule is Bc1ccccc1-c1nc(N2c3c(c4ccccc4c4c3sc3ccccc34)-c3c(ccc4ccccc34)C2(C)C)nc2ccccc12. The number of rotatable bonds is 2. The molecule has 0 N–H and O–H groups in total. The number of anilines is 2. The zero-order valence-corrected chi connectivity index (χ0v) is 27.8. The molecule has 0 amide bonds. The normalized spacial score (nSPS) is 13.8. The molecule has 0 aliphatic carbocycles. The summed E-state index contributed by atoms with van der Waals surface area (Å²) in [6.07, 6.45) is 0. The van der Waals surface area contributed by atoms with Gasteiger partial charge < -0.3 is 0 Å². The fraction of sp³-hybridized carbons (Fsp3) is 0.0698. The summed E-state index contributed by atoms with van der Waals surface area (Å²) in [5.74, 6) is 0.714. The maximum atomic E-state index is 5.55. The molecule has 1 aliphatic heterocycles. The van der Waals surface area contributed by atoms with Crippen molar-refractivity contribution in [3.05, 3.63) is 139 Å². The van der Waals surface area contributed by atoms with E-state index in [-0.39, 0.29) is 0 Å². The molecule has 226 valence electrons. The minimum atomic E-state index is -0.483. The molecular formula is C43H30BN3S. The highest BCUT2D eigenvalue weighted by molar-refractivity contribution is 7.26. The largest absolute Gasteiger partial charge is 0.299 e. The number of fused-ring (bicyclic) bond motifs is 13. The van der Waals surface area contributed by atoms with E-state index >= 15 is 0 Å². The fourth-order valence-electron chi connectivity index (χ4n) is 8.12.